The van der Waals surface area contributed by atoms with Gasteiger partial charge < -0.3 is 4.52 Å². The topological polar surface area (TPSA) is 76.3 Å². The van der Waals surface area contributed by atoms with E-state index in [4.69, 9.17) is 16.1 Å². The largest absolute Gasteiger partial charge is 0.337 e. The van der Waals surface area contributed by atoms with Crippen molar-refractivity contribution in [3.8, 4) is 10.7 Å². The summed E-state index contributed by atoms with van der Waals surface area (Å²) in [7, 11) is -3.52. The highest BCUT2D eigenvalue weighted by molar-refractivity contribution is 7.88. The normalized spacial score (nSPS) is 12.0. The van der Waals surface area contributed by atoms with Gasteiger partial charge in [-0.05, 0) is 29.1 Å². The number of sulfonamides is 1. The smallest absolute Gasteiger partial charge is 0.242 e. The van der Waals surface area contributed by atoms with Gasteiger partial charge in [-0.15, -0.1) is 11.3 Å². The number of rotatable bonds is 7. The van der Waals surface area contributed by atoms with Crippen LogP contribution < -0.4 is 0 Å². The summed E-state index contributed by atoms with van der Waals surface area (Å²) in [5.74, 6) is 0.630. The molecule has 0 aliphatic carbocycles. The summed E-state index contributed by atoms with van der Waals surface area (Å²) in [4.78, 5) is 5.16. The molecule has 0 fully saturated rings. The first kappa shape index (κ1) is 18.1. The fourth-order valence-corrected chi connectivity index (χ4v) is 4.54. The molecule has 0 unspecified atom stereocenters. The molecule has 0 aliphatic rings. The fourth-order valence-electron chi connectivity index (χ4n) is 2.27. The zero-order valence-electron chi connectivity index (χ0n) is 13.4. The number of thiophene rings is 1. The Morgan fingerprint density at radius 2 is 2.00 bits per heavy atom. The van der Waals surface area contributed by atoms with E-state index >= 15 is 0 Å². The number of benzene rings is 1. The van der Waals surface area contributed by atoms with Gasteiger partial charge in [0, 0.05) is 11.6 Å². The summed E-state index contributed by atoms with van der Waals surface area (Å²) in [6, 6.07) is 10.5. The van der Waals surface area contributed by atoms with E-state index in [1.807, 2.05) is 17.5 Å². The maximum absolute atomic E-state index is 12.7. The zero-order chi connectivity index (χ0) is 17.9. The van der Waals surface area contributed by atoms with Crippen LogP contribution in [0.15, 0.2) is 46.3 Å². The lowest BCUT2D eigenvalue weighted by Crippen LogP contribution is -2.31. The van der Waals surface area contributed by atoms with Crippen molar-refractivity contribution in [2.24, 2.45) is 0 Å². The highest BCUT2D eigenvalue weighted by Gasteiger charge is 2.24. The highest BCUT2D eigenvalue weighted by Crippen LogP contribution is 2.22. The average Bonchev–Trinajstić information content (AvgIpc) is 3.25. The molecule has 3 rings (SSSR count). The minimum absolute atomic E-state index is 0.0464. The number of aromatic nitrogens is 2. The lowest BCUT2D eigenvalue weighted by molar-refractivity contribution is 0.321. The van der Waals surface area contributed by atoms with E-state index in [-0.39, 0.29) is 18.2 Å². The third-order valence-electron chi connectivity index (χ3n) is 3.53. The van der Waals surface area contributed by atoms with Crippen LogP contribution in [0.2, 0.25) is 5.02 Å². The van der Waals surface area contributed by atoms with Gasteiger partial charge in [0.25, 0.3) is 0 Å². The van der Waals surface area contributed by atoms with E-state index in [0.717, 1.165) is 4.88 Å². The molecular weight excluding hydrogens is 382 g/mol. The molecule has 0 atom stereocenters. The van der Waals surface area contributed by atoms with Crippen molar-refractivity contribution in [1.82, 2.24) is 14.4 Å². The maximum atomic E-state index is 12.7. The molecule has 2 heterocycles. The van der Waals surface area contributed by atoms with Crippen LogP contribution >= 0.6 is 22.9 Å². The van der Waals surface area contributed by atoms with E-state index in [1.165, 1.54) is 15.6 Å². The number of hydrogen-bond acceptors (Lipinski definition) is 6. The SMILES string of the molecule is CCN(Cc1nc(-c2cccs2)no1)S(=O)(=O)Cc1ccc(Cl)cc1. The summed E-state index contributed by atoms with van der Waals surface area (Å²) in [5, 5.41) is 6.40. The lowest BCUT2D eigenvalue weighted by Gasteiger charge is -2.18. The molecule has 0 saturated heterocycles. The van der Waals surface area contributed by atoms with Gasteiger partial charge in [0.15, 0.2) is 0 Å². The van der Waals surface area contributed by atoms with E-state index in [2.05, 4.69) is 10.1 Å². The van der Waals surface area contributed by atoms with Crippen molar-refractivity contribution in [2.45, 2.75) is 19.2 Å². The summed E-state index contributed by atoms with van der Waals surface area (Å²) >= 11 is 7.33. The molecule has 0 N–H and O–H groups in total. The quantitative estimate of drug-likeness (QED) is 0.606. The Balaban J connectivity index is 1.74. The van der Waals surface area contributed by atoms with Gasteiger partial charge in [-0.1, -0.05) is 41.9 Å². The van der Waals surface area contributed by atoms with E-state index in [0.29, 0.717) is 23.0 Å². The molecule has 25 heavy (non-hydrogen) atoms. The summed E-state index contributed by atoms with van der Waals surface area (Å²) < 4.78 is 31.9. The minimum atomic E-state index is -3.52. The molecule has 0 amide bonds. The van der Waals surface area contributed by atoms with Crippen LogP contribution in [-0.4, -0.2) is 29.4 Å². The molecule has 0 radical (unpaired) electrons. The lowest BCUT2D eigenvalue weighted by atomic mass is 10.2. The van der Waals surface area contributed by atoms with Gasteiger partial charge in [0.05, 0.1) is 17.2 Å². The maximum Gasteiger partial charge on any atom is 0.242 e. The van der Waals surface area contributed by atoms with Crippen LogP contribution in [-0.2, 0) is 22.3 Å². The van der Waals surface area contributed by atoms with Crippen LogP contribution in [0.5, 0.6) is 0 Å². The molecule has 1 aromatic carbocycles. The van der Waals surface area contributed by atoms with Crippen LogP contribution in [0.25, 0.3) is 10.7 Å². The number of nitrogens with zero attached hydrogens (tertiary/aromatic N) is 3. The van der Waals surface area contributed by atoms with Crippen molar-refractivity contribution < 1.29 is 12.9 Å². The monoisotopic (exact) mass is 397 g/mol. The second-order valence-corrected chi connectivity index (χ2v) is 8.65. The molecule has 0 saturated carbocycles. The van der Waals surface area contributed by atoms with Crippen LogP contribution in [0.3, 0.4) is 0 Å². The summed E-state index contributed by atoms with van der Waals surface area (Å²) in [5.41, 5.74) is 0.674. The van der Waals surface area contributed by atoms with Crippen molar-refractivity contribution in [3.05, 3.63) is 58.3 Å². The Morgan fingerprint density at radius 3 is 2.64 bits per heavy atom. The predicted octanol–water partition coefficient (Wildman–Crippen LogP) is 3.80. The predicted molar refractivity (Wildman–Crippen MR) is 97.8 cm³/mol. The second-order valence-electron chi connectivity index (χ2n) is 5.30. The van der Waals surface area contributed by atoms with E-state index in [9.17, 15) is 8.42 Å². The molecule has 6 nitrogen and oxygen atoms in total. The molecule has 2 aromatic heterocycles. The van der Waals surface area contributed by atoms with Gasteiger partial charge in [0.2, 0.25) is 21.7 Å². The first-order valence-corrected chi connectivity index (χ1v) is 10.4. The summed E-state index contributed by atoms with van der Waals surface area (Å²) in [6.07, 6.45) is 0. The van der Waals surface area contributed by atoms with Crippen molar-refractivity contribution in [2.75, 3.05) is 6.54 Å². The van der Waals surface area contributed by atoms with Gasteiger partial charge in [-0.3, -0.25) is 0 Å². The number of hydrogen-bond donors (Lipinski definition) is 0. The Bertz CT molecular complexity index is 922. The van der Waals surface area contributed by atoms with E-state index in [1.54, 1.807) is 31.2 Å². The first-order valence-electron chi connectivity index (χ1n) is 7.56. The summed E-state index contributed by atoms with van der Waals surface area (Å²) in [6.45, 7) is 2.13. The van der Waals surface area contributed by atoms with E-state index < -0.39 is 10.0 Å². The number of halogens is 1. The van der Waals surface area contributed by atoms with Gasteiger partial charge in [-0.2, -0.15) is 9.29 Å². The van der Waals surface area contributed by atoms with Crippen molar-refractivity contribution in [3.63, 3.8) is 0 Å². The molecule has 0 bridgehead atoms. The molecule has 0 aliphatic heterocycles. The molecule has 0 spiro atoms. The Hall–Kier alpha value is -1.74. The molecule has 132 valence electrons. The van der Waals surface area contributed by atoms with Crippen LogP contribution in [0, 0.1) is 0 Å². The van der Waals surface area contributed by atoms with Crippen molar-refractivity contribution >= 4 is 33.0 Å². The Labute approximate surface area is 155 Å². The van der Waals surface area contributed by atoms with Gasteiger partial charge in [-0.25, -0.2) is 8.42 Å². The fraction of sp³-hybridized carbons (Fsp3) is 0.250. The third kappa shape index (κ3) is 4.46. The molecule has 9 heteroatoms. The first-order chi connectivity index (χ1) is 12.0. The average molecular weight is 398 g/mol. The van der Waals surface area contributed by atoms with Gasteiger partial charge in [0.1, 0.15) is 0 Å². The highest BCUT2D eigenvalue weighted by atomic mass is 35.5. The minimum Gasteiger partial charge on any atom is -0.337 e. The third-order valence-corrected chi connectivity index (χ3v) is 6.52. The molecule has 3 aromatic rings. The van der Waals surface area contributed by atoms with Crippen LogP contribution in [0.1, 0.15) is 18.4 Å². The van der Waals surface area contributed by atoms with Crippen molar-refractivity contribution in [1.29, 1.82) is 0 Å². The standard InChI is InChI=1S/C16H16ClN3O3S2/c1-2-20(25(21,22)11-12-5-7-13(17)8-6-12)10-15-18-16(19-23-15)14-4-3-9-24-14/h3-9H,2,10-11H2,1H3. The van der Waals surface area contributed by atoms with Crippen LogP contribution in [0.4, 0.5) is 0 Å². The van der Waals surface area contributed by atoms with Gasteiger partial charge >= 0.3 is 0 Å². The Kier molecular flexibility index (Phi) is 5.53. The Morgan fingerprint density at radius 1 is 1.24 bits per heavy atom. The second kappa shape index (κ2) is 7.65. The molecular formula is C16H16ClN3O3S2. The zero-order valence-corrected chi connectivity index (χ0v) is 15.8.